The first kappa shape index (κ1) is 29.8. The molecule has 1 aliphatic carbocycles. The lowest BCUT2D eigenvalue weighted by Gasteiger charge is -2.22. The van der Waals surface area contributed by atoms with E-state index >= 15 is 0 Å². The van der Waals surface area contributed by atoms with Crippen LogP contribution in [-0.4, -0.2) is 38.8 Å². The first-order valence-electron chi connectivity index (χ1n) is 12.2. The van der Waals surface area contributed by atoms with E-state index in [9.17, 15) is 22.0 Å². The molecule has 0 radical (unpaired) electrons. The summed E-state index contributed by atoms with van der Waals surface area (Å²) in [5.41, 5.74) is 1.88. The Balaban J connectivity index is 1.67. The van der Waals surface area contributed by atoms with Gasteiger partial charge in [-0.2, -0.15) is 8.78 Å². The van der Waals surface area contributed by atoms with Crippen molar-refractivity contribution in [2.75, 3.05) is 17.6 Å². The molecule has 8 nitrogen and oxygen atoms in total. The van der Waals surface area contributed by atoms with Crippen LogP contribution in [0.5, 0.6) is 11.5 Å². The molecule has 1 aliphatic rings. The Kier molecular flexibility index (Phi) is 9.37. The second-order valence-corrected chi connectivity index (χ2v) is 12.0. The number of esters is 1. The van der Waals surface area contributed by atoms with Crippen molar-refractivity contribution in [3.8, 4) is 11.5 Å². The number of carbonyl (C=O) groups is 1. The number of benzene rings is 2. The maximum atomic E-state index is 13.3. The molecule has 40 heavy (non-hydrogen) atoms. The Bertz CT molecular complexity index is 1480. The molecule has 4 rings (SSSR count). The summed E-state index contributed by atoms with van der Waals surface area (Å²) in [6.45, 7) is -1.08. The fraction of sp³-hybridized carbons (Fsp3) is 0.333. The average molecular weight is 615 g/mol. The molecule has 1 N–H and O–H groups in total. The molecular formula is C27H26Cl2F2N2O6S. The Hall–Kier alpha value is -3.15. The van der Waals surface area contributed by atoms with Gasteiger partial charge in [0.15, 0.2) is 11.5 Å². The third kappa shape index (κ3) is 8.18. The maximum Gasteiger partial charge on any atom is 0.387 e. The number of ether oxygens (including phenoxy) is 3. The van der Waals surface area contributed by atoms with Gasteiger partial charge in [-0.15, -0.1) is 0 Å². The molecule has 13 heteroatoms. The van der Waals surface area contributed by atoms with E-state index in [1.165, 1.54) is 48.8 Å². The van der Waals surface area contributed by atoms with Crippen LogP contribution in [0, 0.1) is 12.8 Å². The second kappa shape index (κ2) is 12.6. The Morgan fingerprint density at radius 2 is 1.80 bits per heavy atom. The zero-order valence-electron chi connectivity index (χ0n) is 21.5. The van der Waals surface area contributed by atoms with Crippen LogP contribution in [0.2, 0.25) is 10.0 Å². The fourth-order valence-electron chi connectivity index (χ4n) is 3.87. The highest BCUT2D eigenvalue weighted by Crippen LogP contribution is 2.38. The number of alkyl halides is 2. The summed E-state index contributed by atoms with van der Waals surface area (Å²) in [7, 11) is -3.52. The van der Waals surface area contributed by atoms with Crippen LogP contribution < -0.4 is 14.2 Å². The second-order valence-electron chi connectivity index (χ2n) is 9.42. The van der Waals surface area contributed by atoms with Crippen LogP contribution >= 0.6 is 23.2 Å². The lowest BCUT2D eigenvalue weighted by atomic mass is 10.0. The number of halogens is 4. The van der Waals surface area contributed by atoms with E-state index in [0.29, 0.717) is 34.9 Å². The molecule has 1 heterocycles. The summed E-state index contributed by atoms with van der Waals surface area (Å²) in [5.74, 6) is -0.429. The van der Waals surface area contributed by atoms with Gasteiger partial charge in [0.05, 0.1) is 34.2 Å². The number of anilines is 1. The molecule has 1 atom stereocenters. The van der Waals surface area contributed by atoms with Gasteiger partial charge in [-0.1, -0.05) is 29.3 Å². The van der Waals surface area contributed by atoms with Crippen LogP contribution in [-0.2, 0) is 21.2 Å². The summed E-state index contributed by atoms with van der Waals surface area (Å²) in [6.07, 6.45) is 4.88. The summed E-state index contributed by atoms with van der Waals surface area (Å²) < 4.78 is 68.0. The molecule has 2 aromatic carbocycles. The third-order valence-corrected chi connectivity index (χ3v) is 7.32. The van der Waals surface area contributed by atoms with Gasteiger partial charge in [0.1, 0.15) is 6.10 Å². The number of nitrogens with zero attached hydrogens (tertiary/aromatic N) is 1. The maximum absolute atomic E-state index is 13.3. The van der Waals surface area contributed by atoms with Crippen molar-refractivity contribution in [3.05, 3.63) is 81.1 Å². The van der Waals surface area contributed by atoms with E-state index in [1.807, 2.05) is 0 Å². The van der Waals surface area contributed by atoms with E-state index in [-0.39, 0.29) is 33.5 Å². The molecule has 1 fully saturated rings. The molecule has 0 amide bonds. The van der Waals surface area contributed by atoms with Crippen molar-refractivity contribution < 1.29 is 36.2 Å². The molecular weight excluding hydrogens is 589 g/mol. The van der Waals surface area contributed by atoms with Crippen molar-refractivity contribution in [3.63, 3.8) is 0 Å². The summed E-state index contributed by atoms with van der Waals surface area (Å²) in [5, 5.41) is 0.506. The highest BCUT2D eigenvalue weighted by molar-refractivity contribution is 7.92. The van der Waals surface area contributed by atoms with Crippen LogP contribution in [0.1, 0.15) is 46.0 Å². The quantitative estimate of drug-likeness (QED) is 0.229. The van der Waals surface area contributed by atoms with Gasteiger partial charge < -0.3 is 14.2 Å². The molecule has 0 spiro atoms. The molecule has 1 saturated carbocycles. The topological polar surface area (TPSA) is 104 Å². The van der Waals surface area contributed by atoms with E-state index in [2.05, 4.69) is 14.4 Å². The van der Waals surface area contributed by atoms with Gasteiger partial charge in [0, 0.05) is 18.8 Å². The Labute approximate surface area is 240 Å². The first-order chi connectivity index (χ1) is 18.9. The molecule has 3 aromatic rings. The minimum absolute atomic E-state index is 0.0374. The predicted octanol–water partition coefficient (Wildman–Crippen LogP) is 6.60. The normalized spacial score (nSPS) is 14.1. The number of nitrogens with one attached hydrogen (secondary N) is 1. The molecule has 0 bridgehead atoms. The van der Waals surface area contributed by atoms with Crippen molar-refractivity contribution in [1.29, 1.82) is 0 Å². The Morgan fingerprint density at radius 3 is 2.40 bits per heavy atom. The monoisotopic (exact) mass is 614 g/mol. The van der Waals surface area contributed by atoms with E-state index in [1.54, 1.807) is 6.92 Å². The Morgan fingerprint density at radius 1 is 1.10 bits per heavy atom. The number of hydrogen-bond donors (Lipinski definition) is 1. The van der Waals surface area contributed by atoms with E-state index in [0.717, 1.165) is 19.1 Å². The third-order valence-electron chi connectivity index (χ3n) is 6.08. The highest BCUT2D eigenvalue weighted by Gasteiger charge is 2.26. The summed E-state index contributed by atoms with van der Waals surface area (Å²) in [6, 6.07) is 8.69. The van der Waals surface area contributed by atoms with E-state index < -0.39 is 28.7 Å². The zero-order valence-corrected chi connectivity index (χ0v) is 23.8. The number of aromatic nitrogens is 1. The van der Waals surface area contributed by atoms with Crippen LogP contribution in [0.3, 0.4) is 0 Å². The fourth-order valence-corrected chi connectivity index (χ4v) is 5.02. The molecule has 214 valence electrons. The van der Waals surface area contributed by atoms with Gasteiger partial charge >= 0.3 is 12.6 Å². The largest absolute Gasteiger partial charge is 0.489 e. The lowest BCUT2D eigenvalue weighted by molar-refractivity contribution is -0.0515. The molecule has 1 unspecified atom stereocenters. The standard InChI is InChI=1S/C27H26Cl2F2N2O6S/c1-15-9-18(5-7-22(15)33-40(2,35)36)26(34)38-24(11-19-20(28)12-32-13-21(19)29)17-6-8-23(39-27(30)31)25(10-17)37-14-16-3-4-16/h5-10,12-13,16,24,27,33H,3-4,11,14H2,1-2H3. The first-order valence-corrected chi connectivity index (χ1v) is 14.8. The van der Waals surface area contributed by atoms with E-state index in [4.69, 9.17) is 32.7 Å². The van der Waals surface area contributed by atoms with Crippen LogP contribution in [0.15, 0.2) is 48.8 Å². The number of pyridine rings is 1. The van der Waals surface area contributed by atoms with Gasteiger partial charge in [-0.05, 0) is 72.7 Å². The SMILES string of the molecule is Cc1cc(C(=O)OC(Cc2c(Cl)cncc2Cl)c2ccc(OC(F)F)c(OCC3CC3)c2)ccc1NS(C)(=O)=O. The van der Waals surface area contributed by atoms with Crippen molar-refractivity contribution >= 4 is 44.9 Å². The number of carbonyl (C=O) groups excluding carboxylic acids is 1. The van der Waals surface area contributed by atoms with Crippen molar-refractivity contribution in [2.45, 2.75) is 38.9 Å². The number of rotatable bonds is 12. The van der Waals surface area contributed by atoms with Gasteiger partial charge in [-0.25, -0.2) is 13.2 Å². The average Bonchev–Trinajstić information content (AvgIpc) is 3.70. The highest BCUT2D eigenvalue weighted by atomic mass is 35.5. The van der Waals surface area contributed by atoms with Gasteiger partial charge in [-0.3, -0.25) is 9.71 Å². The molecule has 0 aliphatic heterocycles. The van der Waals surface area contributed by atoms with Crippen molar-refractivity contribution in [1.82, 2.24) is 4.98 Å². The lowest BCUT2D eigenvalue weighted by Crippen LogP contribution is -2.16. The van der Waals surface area contributed by atoms with Crippen LogP contribution in [0.25, 0.3) is 0 Å². The zero-order chi connectivity index (χ0) is 29.0. The smallest absolute Gasteiger partial charge is 0.387 e. The summed E-state index contributed by atoms with van der Waals surface area (Å²) >= 11 is 12.7. The number of aryl methyl sites for hydroxylation is 1. The minimum Gasteiger partial charge on any atom is -0.489 e. The number of hydrogen-bond acceptors (Lipinski definition) is 7. The minimum atomic E-state index is -3.52. The van der Waals surface area contributed by atoms with Gasteiger partial charge in [0.25, 0.3) is 0 Å². The summed E-state index contributed by atoms with van der Waals surface area (Å²) in [4.78, 5) is 17.2. The predicted molar refractivity (Wildman–Crippen MR) is 147 cm³/mol. The molecule has 0 saturated heterocycles. The van der Waals surface area contributed by atoms with Crippen LogP contribution in [0.4, 0.5) is 14.5 Å². The van der Waals surface area contributed by atoms with Gasteiger partial charge in [0.2, 0.25) is 10.0 Å². The van der Waals surface area contributed by atoms with Crippen molar-refractivity contribution in [2.24, 2.45) is 5.92 Å². The number of sulfonamides is 1. The molecule has 1 aromatic heterocycles.